The highest BCUT2D eigenvalue weighted by molar-refractivity contribution is 5.75. The fourth-order valence-corrected chi connectivity index (χ4v) is 7.22. The van der Waals surface area contributed by atoms with Crippen molar-refractivity contribution in [2.24, 2.45) is 5.41 Å². The number of hydrogen-bond acceptors (Lipinski definition) is 7. The first kappa shape index (κ1) is 30.6. The molecule has 1 aromatic carbocycles. The number of pyridine rings is 1. The maximum Gasteiger partial charge on any atom is 0.586 e. The minimum atomic E-state index is -4.77. The number of carboxylic acid groups (broad SMARTS) is 1. The van der Waals surface area contributed by atoms with Crippen molar-refractivity contribution in [2.45, 2.75) is 95.0 Å². The Morgan fingerprint density at radius 1 is 1.09 bits per heavy atom. The van der Waals surface area contributed by atoms with E-state index in [9.17, 15) is 36.2 Å². The minimum absolute atomic E-state index is 0.00543. The number of carboxylic acids is 1. The van der Waals surface area contributed by atoms with Crippen LogP contribution in [-0.4, -0.2) is 37.7 Å². The molecule has 1 N–H and O–H groups in total. The van der Waals surface area contributed by atoms with Crippen LogP contribution in [0.1, 0.15) is 93.0 Å². The van der Waals surface area contributed by atoms with E-state index in [2.05, 4.69) is 19.6 Å². The van der Waals surface area contributed by atoms with Crippen LogP contribution < -0.4 is 14.2 Å². The van der Waals surface area contributed by atoms with E-state index in [0.717, 1.165) is 10.9 Å². The molecule has 8 rings (SSSR count). The van der Waals surface area contributed by atoms with E-state index in [1.807, 2.05) is 0 Å². The lowest BCUT2D eigenvalue weighted by Gasteiger charge is -2.52. The van der Waals surface area contributed by atoms with Crippen LogP contribution in [0.3, 0.4) is 0 Å². The van der Waals surface area contributed by atoms with Crippen LogP contribution in [0.2, 0.25) is 0 Å². The molecule has 2 aromatic heterocycles. The molecule has 0 radical (unpaired) electrons. The van der Waals surface area contributed by atoms with Crippen molar-refractivity contribution in [1.82, 2.24) is 14.8 Å². The molecule has 1 aliphatic heterocycles. The predicted octanol–water partition coefficient (Wildman–Crippen LogP) is 7.46. The topological polar surface area (TPSA) is 105 Å². The van der Waals surface area contributed by atoms with Gasteiger partial charge in [-0.25, -0.2) is 9.67 Å². The van der Waals surface area contributed by atoms with Crippen molar-refractivity contribution in [2.75, 3.05) is 0 Å². The number of alkyl halides is 5. The van der Waals surface area contributed by atoms with E-state index in [1.165, 1.54) is 31.2 Å². The summed E-state index contributed by atoms with van der Waals surface area (Å²) in [5, 5.41) is 13.7. The van der Waals surface area contributed by atoms with Gasteiger partial charge in [0.25, 0.3) is 5.95 Å². The molecule has 0 amide bonds. The van der Waals surface area contributed by atoms with Gasteiger partial charge in [-0.05, 0) is 82.4 Å². The van der Waals surface area contributed by atoms with Crippen molar-refractivity contribution in [3.8, 4) is 22.9 Å². The summed E-state index contributed by atoms with van der Waals surface area (Å²) in [5.41, 5.74) is -1.99. The normalized spacial score (nSPS) is 26.9. The average Bonchev–Trinajstić information content (AvgIpc) is 3.56. The standard InChI is InChI=1S/C31H29F6N3O6/c1-16(17-5-6-20-22(13-17)46-31(36,37)45-20)43-23-14-18(15-38-26(23)32)40-24-19(25(39-40)30(33,34)35)3-2-4-21(24)44-29-10-7-28(8-11-29,9-12-29)27(41)42/h5-6,13-16,21H,2-4,7-12H2,1H3,(H,41,42)/t16-,21-,28?,29?/m0/s1. The van der Waals surface area contributed by atoms with Crippen LogP contribution in [0.25, 0.3) is 5.69 Å². The Hall–Kier alpha value is -4.01. The highest BCUT2D eigenvalue weighted by Gasteiger charge is 2.55. The second-order valence-electron chi connectivity index (χ2n) is 12.5. The molecule has 4 aliphatic carbocycles. The Balaban J connectivity index is 1.20. The van der Waals surface area contributed by atoms with Gasteiger partial charge in [-0.3, -0.25) is 4.79 Å². The zero-order chi connectivity index (χ0) is 32.6. The second kappa shape index (κ2) is 10.5. The molecule has 246 valence electrons. The summed E-state index contributed by atoms with van der Waals surface area (Å²) in [6.45, 7) is 1.52. The summed E-state index contributed by atoms with van der Waals surface area (Å²) >= 11 is 0. The second-order valence-corrected chi connectivity index (χ2v) is 12.5. The van der Waals surface area contributed by atoms with Gasteiger partial charge in [-0.1, -0.05) is 6.07 Å². The SMILES string of the molecule is C[C@H](Oc1cc(-n2nc(C(F)(F)F)c3c2[C@@H](OC24CCC(C(=O)O)(CC2)CC4)CCC3)cnc1F)c1ccc2c(c1)OC(F)(F)O2. The number of halogens is 6. The Morgan fingerprint density at radius 2 is 1.78 bits per heavy atom. The first-order valence-electron chi connectivity index (χ1n) is 15.0. The molecule has 3 saturated carbocycles. The van der Waals surface area contributed by atoms with Crippen molar-refractivity contribution in [3.63, 3.8) is 0 Å². The summed E-state index contributed by atoms with van der Waals surface area (Å²) in [4.78, 5) is 15.6. The number of fused-ring (bicyclic) bond motifs is 5. The van der Waals surface area contributed by atoms with Gasteiger partial charge >= 0.3 is 18.4 Å². The maximum absolute atomic E-state index is 14.9. The van der Waals surface area contributed by atoms with Crippen LogP contribution >= 0.6 is 0 Å². The van der Waals surface area contributed by atoms with E-state index < -0.39 is 59.1 Å². The zero-order valence-electron chi connectivity index (χ0n) is 24.5. The molecule has 0 unspecified atom stereocenters. The predicted molar refractivity (Wildman–Crippen MR) is 145 cm³/mol. The van der Waals surface area contributed by atoms with Gasteiger partial charge in [0.1, 0.15) is 12.2 Å². The number of nitrogens with zero attached hydrogens (tertiary/aromatic N) is 3. The fraction of sp³-hybridized carbons (Fsp3) is 0.516. The number of ether oxygens (including phenoxy) is 4. The van der Waals surface area contributed by atoms with Crippen molar-refractivity contribution >= 4 is 5.97 Å². The van der Waals surface area contributed by atoms with Gasteiger partial charge in [0.15, 0.2) is 22.9 Å². The van der Waals surface area contributed by atoms with Gasteiger partial charge in [-0.2, -0.15) is 22.7 Å². The number of aliphatic carboxylic acids is 1. The van der Waals surface area contributed by atoms with Crippen LogP contribution in [0.5, 0.6) is 17.2 Å². The summed E-state index contributed by atoms with van der Waals surface area (Å²) in [6.07, 6.45) is -5.55. The third-order valence-corrected chi connectivity index (χ3v) is 9.75. The van der Waals surface area contributed by atoms with Crippen LogP contribution in [0.15, 0.2) is 30.5 Å². The van der Waals surface area contributed by atoms with Crippen molar-refractivity contribution in [3.05, 3.63) is 58.9 Å². The van der Waals surface area contributed by atoms with Gasteiger partial charge < -0.3 is 24.1 Å². The van der Waals surface area contributed by atoms with Crippen LogP contribution in [0, 0.1) is 11.4 Å². The summed E-state index contributed by atoms with van der Waals surface area (Å²) in [7, 11) is 0. The highest BCUT2D eigenvalue weighted by Crippen LogP contribution is 2.56. The van der Waals surface area contributed by atoms with Gasteiger partial charge in [0.05, 0.1) is 28.6 Å². The first-order chi connectivity index (χ1) is 21.7. The van der Waals surface area contributed by atoms with E-state index >= 15 is 0 Å². The quantitative estimate of drug-likeness (QED) is 0.207. The molecule has 3 aromatic rings. The molecule has 0 spiro atoms. The highest BCUT2D eigenvalue weighted by atomic mass is 19.4. The Kier molecular flexibility index (Phi) is 7.00. The number of rotatable bonds is 7. The Labute approximate surface area is 258 Å². The monoisotopic (exact) mass is 653 g/mol. The Bertz CT molecular complexity index is 1680. The molecule has 2 bridgehead atoms. The van der Waals surface area contributed by atoms with Gasteiger partial charge in [-0.15, -0.1) is 8.78 Å². The van der Waals surface area contributed by atoms with E-state index in [-0.39, 0.29) is 34.9 Å². The van der Waals surface area contributed by atoms with E-state index in [1.54, 1.807) is 0 Å². The molecule has 0 saturated heterocycles. The summed E-state index contributed by atoms with van der Waals surface area (Å²) < 4.78 is 107. The maximum atomic E-state index is 14.9. The third-order valence-electron chi connectivity index (χ3n) is 9.75. The van der Waals surface area contributed by atoms with E-state index in [4.69, 9.17) is 9.47 Å². The molecule has 9 nitrogen and oxygen atoms in total. The lowest BCUT2D eigenvalue weighted by Crippen LogP contribution is -2.51. The average molecular weight is 654 g/mol. The lowest BCUT2D eigenvalue weighted by atomic mass is 9.58. The molecule has 15 heteroatoms. The summed E-state index contributed by atoms with van der Waals surface area (Å²) in [5.74, 6) is -2.69. The van der Waals surface area contributed by atoms with Crippen molar-refractivity contribution in [1.29, 1.82) is 0 Å². The Morgan fingerprint density at radius 3 is 2.46 bits per heavy atom. The van der Waals surface area contributed by atoms with Gasteiger partial charge in [0, 0.05) is 11.6 Å². The van der Waals surface area contributed by atoms with Crippen molar-refractivity contribution < 1.29 is 55.2 Å². The molecule has 2 atom stereocenters. The molecule has 3 fully saturated rings. The van der Waals surface area contributed by atoms with Gasteiger partial charge in [0.2, 0.25) is 0 Å². The largest absolute Gasteiger partial charge is 0.586 e. The number of carbonyl (C=O) groups is 1. The molecular formula is C31H29F6N3O6. The fourth-order valence-electron chi connectivity index (χ4n) is 7.22. The number of aromatic nitrogens is 3. The minimum Gasteiger partial charge on any atom is -0.481 e. The third kappa shape index (κ3) is 5.21. The molecular weight excluding hydrogens is 624 g/mol. The number of benzene rings is 1. The van der Waals surface area contributed by atoms with E-state index in [0.29, 0.717) is 56.9 Å². The zero-order valence-corrected chi connectivity index (χ0v) is 24.5. The van der Waals surface area contributed by atoms with Crippen LogP contribution in [-0.2, 0) is 22.1 Å². The number of hydrogen-bond donors (Lipinski definition) is 1. The molecule has 5 aliphatic rings. The molecule has 3 heterocycles. The molecule has 46 heavy (non-hydrogen) atoms. The first-order valence-corrected chi connectivity index (χ1v) is 15.0. The van der Waals surface area contributed by atoms with Crippen LogP contribution in [0.4, 0.5) is 26.3 Å². The summed E-state index contributed by atoms with van der Waals surface area (Å²) in [6, 6.07) is 5.13. The smallest absolute Gasteiger partial charge is 0.481 e. The lowest BCUT2D eigenvalue weighted by molar-refractivity contribution is -0.286.